The third kappa shape index (κ3) is 3.54. The number of nitrogens with zero attached hydrogens (tertiary/aromatic N) is 2. The Morgan fingerprint density at radius 1 is 1.31 bits per heavy atom. The maximum Gasteiger partial charge on any atom is 0.349 e. The maximum absolute atomic E-state index is 12.7. The van der Waals surface area contributed by atoms with E-state index in [1.807, 2.05) is 0 Å². The number of halogens is 1. The van der Waals surface area contributed by atoms with Crippen molar-refractivity contribution in [3.8, 4) is 0 Å². The van der Waals surface area contributed by atoms with Crippen LogP contribution in [0.25, 0.3) is 10.2 Å². The van der Waals surface area contributed by atoms with Crippen LogP contribution < -0.4 is 10.9 Å². The van der Waals surface area contributed by atoms with Crippen LogP contribution >= 0.6 is 22.9 Å². The van der Waals surface area contributed by atoms with Gasteiger partial charge in [-0.05, 0) is 43.5 Å². The number of aryl methyl sites for hydroxylation is 2. The minimum atomic E-state index is -0.645. The zero-order valence-corrected chi connectivity index (χ0v) is 17.4. The Kier molecular flexibility index (Phi) is 5.14. The van der Waals surface area contributed by atoms with Gasteiger partial charge in [-0.1, -0.05) is 17.7 Å². The molecule has 4 rings (SSSR count). The average Bonchev–Trinajstić information content (AvgIpc) is 3.29. The van der Waals surface area contributed by atoms with Crippen LogP contribution in [-0.4, -0.2) is 28.0 Å². The Morgan fingerprint density at radius 2 is 2.10 bits per heavy atom. The van der Waals surface area contributed by atoms with Crippen molar-refractivity contribution in [1.29, 1.82) is 0 Å². The van der Waals surface area contributed by atoms with Crippen LogP contribution in [0.1, 0.15) is 33.0 Å². The van der Waals surface area contributed by atoms with Gasteiger partial charge >= 0.3 is 5.97 Å². The van der Waals surface area contributed by atoms with Gasteiger partial charge in [-0.15, -0.1) is 11.3 Å². The monoisotopic (exact) mass is 431 g/mol. The van der Waals surface area contributed by atoms with E-state index in [0.29, 0.717) is 37.9 Å². The highest BCUT2D eigenvalue weighted by atomic mass is 35.5. The Balaban J connectivity index is 1.50. The van der Waals surface area contributed by atoms with E-state index in [-0.39, 0.29) is 5.56 Å². The predicted molar refractivity (Wildman–Crippen MR) is 112 cm³/mol. The second-order valence-corrected chi connectivity index (χ2v) is 8.27. The fraction of sp³-hybridized carbons (Fsp3) is 0.300. The van der Waals surface area contributed by atoms with Gasteiger partial charge in [-0.25, -0.2) is 9.78 Å². The number of nitrogens with one attached hydrogen (secondary N) is 1. The Bertz CT molecular complexity index is 1210. The molecular weight excluding hydrogens is 414 g/mol. The van der Waals surface area contributed by atoms with E-state index in [1.165, 1.54) is 0 Å². The molecule has 1 aromatic carbocycles. The predicted octanol–water partition coefficient (Wildman–Crippen LogP) is 3.47. The number of rotatable bonds is 4. The molecule has 3 aromatic rings. The Morgan fingerprint density at radius 3 is 2.90 bits per heavy atom. The first-order valence-corrected chi connectivity index (χ1v) is 10.3. The van der Waals surface area contributed by atoms with Crippen LogP contribution in [0.3, 0.4) is 0 Å². The topological polar surface area (TPSA) is 90.3 Å². The molecular formula is C20H18ClN3O4S. The quantitative estimate of drug-likeness (QED) is 0.639. The molecule has 0 fully saturated rings. The lowest BCUT2D eigenvalue weighted by molar-refractivity contribution is -0.119. The Hall–Kier alpha value is -2.71. The van der Waals surface area contributed by atoms with Gasteiger partial charge in [-0.3, -0.25) is 14.2 Å². The molecule has 0 unspecified atom stereocenters. The largest absolute Gasteiger partial charge is 0.451 e. The summed E-state index contributed by atoms with van der Waals surface area (Å²) in [5, 5.41) is 3.66. The summed E-state index contributed by atoms with van der Waals surface area (Å²) in [6.45, 7) is 3.69. The second-order valence-electron chi connectivity index (χ2n) is 6.86. The lowest BCUT2D eigenvalue weighted by atomic mass is 10.2. The van der Waals surface area contributed by atoms with Crippen molar-refractivity contribution < 1.29 is 14.3 Å². The van der Waals surface area contributed by atoms with Crippen molar-refractivity contribution in [2.45, 2.75) is 33.2 Å². The summed E-state index contributed by atoms with van der Waals surface area (Å²) < 4.78 is 6.84. The standard InChI is InChI=1S/C20H18ClN3O4S/c1-10-12(21)5-3-6-13(10)22-15(25)9-28-20(27)17-11(2)16-18(29-17)23-14-7-4-8-24(14)19(16)26/h3,5-6H,4,7-9H2,1-2H3,(H,22,25). The maximum atomic E-state index is 12.7. The molecule has 0 spiro atoms. The minimum Gasteiger partial charge on any atom is -0.451 e. The molecule has 0 atom stereocenters. The van der Waals surface area contributed by atoms with E-state index in [4.69, 9.17) is 16.3 Å². The van der Waals surface area contributed by atoms with Crippen molar-refractivity contribution in [2.75, 3.05) is 11.9 Å². The first kappa shape index (κ1) is 19.6. The number of amides is 1. The number of hydrogen-bond acceptors (Lipinski definition) is 6. The van der Waals surface area contributed by atoms with Crippen molar-refractivity contribution in [2.24, 2.45) is 0 Å². The van der Waals surface area contributed by atoms with E-state index in [2.05, 4.69) is 10.3 Å². The van der Waals surface area contributed by atoms with Crippen molar-refractivity contribution in [3.63, 3.8) is 0 Å². The molecule has 0 saturated heterocycles. The van der Waals surface area contributed by atoms with E-state index in [9.17, 15) is 14.4 Å². The van der Waals surface area contributed by atoms with Gasteiger partial charge in [-0.2, -0.15) is 0 Å². The number of hydrogen-bond donors (Lipinski definition) is 1. The Labute approximate surface area is 175 Å². The summed E-state index contributed by atoms with van der Waals surface area (Å²) in [6, 6.07) is 5.17. The molecule has 150 valence electrons. The smallest absolute Gasteiger partial charge is 0.349 e. The summed E-state index contributed by atoms with van der Waals surface area (Å²) in [4.78, 5) is 42.8. The molecule has 0 aliphatic carbocycles. The number of carbonyl (C=O) groups is 2. The molecule has 0 bridgehead atoms. The van der Waals surface area contributed by atoms with Crippen molar-refractivity contribution in [1.82, 2.24) is 9.55 Å². The number of ether oxygens (including phenoxy) is 1. The molecule has 2 aromatic heterocycles. The summed E-state index contributed by atoms with van der Waals surface area (Å²) >= 11 is 7.17. The second kappa shape index (κ2) is 7.61. The number of thiophene rings is 1. The zero-order chi connectivity index (χ0) is 20.7. The molecule has 7 nitrogen and oxygen atoms in total. The molecule has 1 aliphatic rings. The fourth-order valence-corrected chi connectivity index (χ4v) is 4.65. The molecule has 3 heterocycles. The third-order valence-electron chi connectivity index (χ3n) is 4.97. The van der Waals surface area contributed by atoms with E-state index in [1.54, 1.807) is 36.6 Å². The highest BCUT2D eigenvalue weighted by Gasteiger charge is 2.24. The molecule has 1 amide bonds. The summed E-state index contributed by atoms with van der Waals surface area (Å²) in [5.41, 5.74) is 1.71. The highest BCUT2D eigenvalue weighted by molar-refractivity contribution is 7.20. The van der Waals surface area contributed by atoms with Crippen LogP contribution in [0.2, 0.25) is 5.02 Å². The lowest BCUT2D eigenvalue weighted by Crippen LogP contribution is -2.22. The number of benzene rings is 1. The minimum absolute atomic E-state index is 0.121. The molecule has 1 aliphatic heterocycles. The molecule has 29 heavy (non-hydrogen) atoms. The summed E-state index contributed by atoms with van der Waals surface area (Å²) in [7, 11) is 0. The van der Waals surface area contributed by atoms with Crippen molar-refractivity contribution in [3.05, 3.63) is 55.4 Å². The first-order chi connectivity index (χ1) is 13.9. The number of esters is 1. The number of carbonyl (C=O) groups excluding carboxylic acids is 2. The number of fused-ring (bicyclic) bond motifs is 2. The van der Waals surface area contributed by atoms with E-state index in [0.717, 1.165) is 35.6 Å². The van der Waals surface area contributed by atoms with E-state index >= 15 is 0 Å². The van der Waals surface area contributed by atoms with Gasteiger partial charge in [0.15, 0.2) is 6.61 Å². The number of anilines is 1. The van der Waals surface area contributed by atoms with Crippen LogP contribution in [0.4, 0.5) is 5.69 Å². The van der Waals surface area contributed by atoms with Gasteiger partial charge in [0.2, 0.25) is 0 Å². The number of aromatic nitrogens is 2. The zero-order valence-electron chi connectivity index (χ0n) is 15.9. The van der Waals surface area contributed by atoms with Crippen LogP contribution in [0, 0.1) is 13.8 Å². The van der Waals surface area contributed by atoms with Gasteiger partial charge in [0.25, 0.3) is 11.5 Å². The lowest BCUT2D eigenvalue weighted by Gasteiger charge is -2.09. The summed E-state index contributed by atoms with van der Waals surface area (Å²) in [5.74, 6) is -0.368. The van der Waals surface area contributed by atoms with Crippen LogP contribution in [0.5, 0.6) is 0 Å². The van der Waals surface area contributed by atoms with Gasteiger partial charge in [0, 0.05) is 23.7 Å². The van der Waals surface area contributed by atoms with Crippen molar-refractivity contribution >= 4 is 50.7 Å². The van der Waals surface area contributed by atoms with Gasteiger partial charge in [0.1, 0.15) is 15.5 Å². The van der Waals surface area contributed by atoms with Gasteiger partial charge < -0.3 is 10.1 Å². The SMILES string of the molecule is Cc1c(Cl)cccc1NC(=O)COC(=O)c1sc2nc3n(c(=O)c2c1C)CCC3. The summed E-state index contributed by atoms with van der Waals surface area (Å²) in [6.07, 6.45) is 1.65. The normalized spacial score (nSPS) is 12.8. The molecule has 9 heteroatoms. The first-order valence-electron chi connectivity index (χ1n) is 9.11. The third-order valence-corrected chi connectivity index (χ3v) is 6.55. The van der Waals surface area contributed by atoms with E-state index < -0.39 is 18.5 Å². The van der Waals surface area contributed by atoms with Crippen LogP contribution in [-0.2, 0) is 22.5 Å². The molecule has 0 radical (unpaired) electrons. The highest BCUT2D eigenvalue weighted by Crippen LogP contribution is 2.29. The fourth-order valence-electron chi connectivity index (χ4n) is 3.40. The molecule has 0 saturated carbocycles. The van der Waals surface area contributed by atoms with Gasteiger partial charge in [0.05, 0.1) is 5.39 Å². The van der Waals surface area contributed by atoms with Crippen LogP contribution in [0.15, 0.2) is 23.0 Å². The molecule has 1 N–H and O–H groups in total. The average molecular weight is 432 g/mol.